The molecule has 134 valence electrons. The Morgan fingerprint density at radius 3 is 2.46 bits per heavy atom. The van der Waals surface area contributed by atoms with Crippen LogP contribution in [0, 0.1) is 6.92 Å². The van der Waals surface area contributed by atoms with Crippen molar-refractivity contribution in [3.05, 3.63) is 66.2 Å². The normalized spacial score (nSPS) is 11.3. The lowest BCUT2D eigenvalue weighted by molar-refractivity contribution is -0.113. The van der Waals surface area contributed by atoms with Gasteiger partial charge in [0.15, 0.2) is 9.84 Å². The summed E-state index contributed by atoms with van der Waals surface area (Å²) in [5.41, 5.74) is 1.38. The minimum absolute atomic E-state index is 0.127. The number of sulfone groups is 1. The van der Waals surface area contributed by atoms with Crippen LogP contribution in [0.25, 0.3) is 10.8 Å². The molecule has 0 unspecified atom stereocenters. The SMILES string of the molecule is COc1ccc(C)cc1NC(=O)CS(=O)(=O)c1ccc2ccccc2c1. The van der Waals surface area contributed by atoms with Gasteiger partial charge in [0.2, 0.25) is 5.91 Å². The number of amides is 1. The van der Waals surface area contributed by atoms with Gasteiger partial charge in [0.25, 0.3) is 0 Å². The van der Waals surface area contributed by atoms with E-state index in [9.17, 15) is 13.2 Å². The molecule has 1 N–H and O–H groups in total. The largest absolute Gasteiger partial charge is 0.495 e. The molecule has 0 atom stereocenters. The number of methoxy groups -OCH3 is 1. The van der Waals surface area contributed by atoms with Crippen LogP contribution in [0.3, 0.4) is 0 Å². The van der Waals surface area contributed by atoms with Gasteiger partial charge in [-0.25, -0.2) is 8.42 Å². The van der Waals surface area contributed by atoms with Crippen molar-refractivity contribution in [2.45, 2.75) is 11.8 Å². The van der Waals surface area contributed by atoms with Gasteiger partial charge in [-0.2, -0.15) is 0 Å². The van der Waals surface area contributed by atoms with Crippen molar-refractivity contribution in [1.29, 1.82) is 0 Å². The van der Waals surface area contributed by atoms with Crippen LogP contribution in [0.1, 0.15) is 5.56 Å². The smallest absolute Gasteiger partial charge is 0.240 e. The van der Waals surface area contributed by atoms with Crippen molar-refractivity contribution >= 4 is 32.2 Å². The van der Waals surface area contributed by atoms with E-state index in [2.05, 4.69) is 5.32 Å². The lowest BCUT2D eigenvalue weighted by Gasteiger charge is -2.11. The Labute approximate surface area is 152 Å². The highest BCUT2D eigenvalue weighted by Gasteiger charge is 2.20. The molecule has 0 aliphatic carbocycles. The van der Waals surface area contributed by atoms with Crippen LogP contribution in [0.5, 0.6) is 5.75 Å². The van der Waals surface area contributed by atoms with Gasteiger partial charge in [-0.05, 0) is 47.5 Å². The van der Waals surface area contributed by atoms with Gasteiger partial charge in [0.05, 0.1) is 17.7 Å². The summed E-state index contributed by atoms with van der Waals surface area (Å²) in [5, 5.41) is 4.38. The fourth-order valence-corrected chi connectivity index (χ4v) is 3.89. The number of anilines is 1. The average molecular weight is 369 g/mol. The molecule has 0 aliphatic heterocycles. The molecule has 5 nitrogen and oxygen atoms in total. The van der Waals surface area contributed by atoms with Crippen LogP contribution in [0.15, 0.2) is 65.6 Å². The number of carbonyl (C=O) groups excluding carboxylic acids is 1. The molecule has 0 fully saturated rings. The quantitative estimate of drug-likeness (QED) is 0.746. The summed E-state index contributed by atoms with van der Waals surface area (Å²) in [6, 6.07) is 17.6. The van der Waals surface area contributed by atoms with Crippen molar-refractivity contribution in [3.63, 3.8) is 0 Å². The second-order valence-corrected chi connectivity index (χ2v) is 8.01. The number of nitrogens with one attached hydrogen (secondary N) is 1. The molecular formula is C20H19NO4S. The van der Waals surface area contributed by atoms with Gasteiger partial charge in [-0.3, -0.25) is 4.79 Å². The molecule has 0 bridgehead atoms. The molecule has 0 heterocycles. The summed E-state index contributed by atoms with van der Waals surface area (Å²) in [5.74, 6) is -0.767. The number of ether oxygens (including phenoxy) is 1. The van der Waals surface area contributed by atoms with Gasteiger partial charge in [0.1, 0.15) is 11.5 Å². The first kappa shape index (κ1) is 17.9. The van der Waals surface area contributed by atoms with E-state index in [-0.39, 0.29) is 4.90 Å². The topological polar surface area (TPSA) is 72.5 Å². The van der Waals surface area contributed by atoms with Crippen molar-refractivity contribution in [2.75, 3.05) is 18.2 Å². The van der Waals surface area contributed by atoms with E-state index < -0.39 is 21.5 Å². The van der Waals surface area contributed by atoms with Gasteiger partial charge >= 0.3 is 0 Å². The third-order valence-electron chi connectivity index (χ3n) is 4.03. The van der Waals surface area contributed by atoms with E-state index in [1.165, 1.54) is 13.2 Å². The number of fused-ring (bicyclic) bond motifs is 1. The lowest BCUT2D eigenvalue weighted by Crippen LogP contribution is -2.23. The first-order chi connectivity index (χ1) is 12.4. The minimum Gasteiger partial charge on any atom is -0.495 e. The van der Waals surface area contributed by atoms with Gasteiger partial charge in [-0.1, -0.05) is 36.4 Å². The van der Waals surface area contributed by atoms with Gasteiger partial charge in [0, 0.05) is 0 Å². The van der Waals surface area contributed by atoms with Gasteiger partial charge < -0.3 is 10.1 Å². The molecule has 1 amide bonds. The van der Waals surface area contributed by atoms with E-state index >= 15 is 0 Å². The maximum atomic E-state index is 12.6. The third kappa shape index (κ3) is 3.86. The highest BCUT2D eigenvalue weighted by Crippen LogP contribution is 2.25. The zero-order valence-electron chi connectivity index (χ0n) is 14.5. The van der Waals surface area contributed by atoms with Crippen LogP contribution in [0.4, 0.5) is 5.69 Å². The molecule has 0 saturated heterocycles. The molecule has 0 spiro atoms. The van der Waals surface area contributed by atoms with E-state index in [4.69, 9.17) is 4.74 Å². The van der Waals surface area contributed by atoms with Gasteiger partial charge in [-0.15, -0.1) is 0 Å². The zero-order chi connectivity index (χ0) is 18.7. The fourth-order valence-electron chi connectivity index (χ4n) is 2.72. The van der Waals surface area contributed by atoms with Crippen molar-refractivity contribution in [3.8, 4) is 5.75 Å². The fraction of sp³-hybridized carbons (Fsp3) is 0.150. The minimum atomic E-state index is -3.75. The van der Waals surface area contributed by atoms with E-state index in [1.54, 1.807) is 24.3 Å². The van der Waals surface area contributed by atoms with E-state index in [1.807, 2.05) is 37.3 Å². The molecule has 3 aromatic rings. The maximum absolute atomic E-state index is 12.6. The first-order valence-electron chi connectivity index (χ1n) is 8.05. The zero-order valence-corrected chi connectivity index (χ0v) is 15.3. The summed E-state index contributed by atoms with van der Waals surface area (Å²) < 4.78 is 30.4. The second-order valence-electron chi connectivity index (χ2n) is 6.02. The van der Waals surface area contributed by atoms with Crippen molar-refractivity contribution < 1.29 is 17.9 Å². The number of aryl methyl sites for hydroxylation is 1. The second kappa shape index (κ2) is 7.17. The van der Waals surface area contributed by atoms with Crippen molar-refractivity contribution in [2.24, 2.45) is 0 Å². The lowest BCUT2D eigenvalue weighted by atomic mass is 10.1. The highest BCUT2D eigenvalue weighted by molar-refractivity contribution is 7.92. The summed E-state index contributed by atoms with van der Waals surface area (Å²) in [6.45, 7) is 1.88. The van der Waals surface area contributed by atoms with Crippen LogP contribution in [-0.4, -0.2) is 27.2 Å². The highest BCUT2D eigenvalue weighted by atomic mass is 32.2. The molecule has 6 heteroatoms. The Morgan fingerprint density at radius 2 is 1.73 bits per heavy atom. The number of carbonyl (C=O) groups is 1. The Morgan fingerprint density at radius 1 is 1.00 bits per heavy atom. The van der Waals surface area contributed by atoms with Crippen LogP contribution in [-0.2, 0) is 14.6 Å². The Bertz CT molecular complexity index is 1070. The molecule has 3 aromatic carbocycles. The number of benzene rings is 3. The first-order valence-corrected chi connectivity index (χ1v) is 9.70. The Balaban J connectivity index is 1.82. The Kier molecular flexibility index (Phi) is 4.95. The number of hydrogen-bond acceptors (Lipinski definition) is 4. The van der Waals surface area contributed by atoms with Crippen LogP contribution in [0.2, 0.25) is 0 Å². The summed E-state index contributed by atoms with van der Waals surface area (Å²) >= 11 is 0. The molecule has 0 saturated carbocycles. The molecule has 0 aliphatic rings. The average Bonchev–Trinajstić information content (AvgIpc) is 2.61. The maximum Gasteiger partial charge on any atom is 0.240 e. The van der Waals surface area contributed by atoms with Crippen LogP contribution < -0.4 is 10.1 Å². The number of rotatable bonds is 5. The molecule has 0 radical (unpaired) electrons. The predicted octanol–water partition coefficient (Wildman–Crippen LogP) is 3.57. The van der Waals surface area contributed by atoms with E-state index in [0.717, 1.165) is 16.3 Å². The number of hydrogen-bond donors (Lipinski definition) is 1. The molecular weight excluding hydrogens is 350 g/mol. The molecule has 26 heavy (non-hydrogen) atoms. The summed E-state index contributed by atoms with van der Waals surface area (Å²) in [6.07, 6.45) is 0. The third-order valence-corrected chi connectivity index (χ3v) is 5.64. The standard InChI is InChI=1S/C20H19NO4S/c1-14-7-10-19(25-2)18(11-14)21-20(22)13-26(23,24)17-9-8-15-5-3-4-6-16(15)12-17/h3-12H,13H2,1-2H3,(H,21,22). The molecule has 3 rings (SSSR count). The summed E-state index contributed by atoms with van der Waals surface area (Å²) in [4.78, 5) is 12.4. The predicted molar refractivity (Wildman–Crippen MR) is 102 cm³/mol. The molecule has 0 aromatic heterocycles. The Hall–Kier alpha value is -2.86. The summed E-state index contributed by atoms with van der Waals surface area (Å²) in [7, 11) is -2.26. The van der Waals surface area contributed by atoms with E-state index in [0.29, 0.717) is 11.4 Å². The monoisotopic (exact) mass is 369 g/mol. The van der Waals surface area contributed by atoms with Crippen molar-refractivity contribution in [1.82, 2.24) is 0 Å². The van der Waals surface area contributed by atoms with Crippen LogP contribution >= 0.6 is 0 Å².